The molecule has 0 bridgehead atoms. The second-order valence-electron chi connectivity index (χ2n) is 5.97. The molecule has 2 amide bonds. The summed E-state index contributed by atoms with van der Waals surface area (Å²) in [7, 11) is 0. The SMILES string of the molecule is CCC(C)C(=O)NCC(N)c1ccc(C(=O)Nc2ccncc2)cc1. The van der Waals surface area contributed by atoms with Crippen LogP contribution in [0.2, 0.25) is 0 Å². The summed E-state index contributed by atoms with van der Waals surface area (Å²) in [4.78, 5) is 27.9. The summed E-state index contributed by atoms with van der Waals surface area (Å²) in [5.74, 6) is -0.214. The molecule has 2 aromatic rings. The number of nitrogens with zero attached hydrogens (tertiary/aromatic N) is 1. The van der Waals surface area contributed by atoms with Gasteiger partial charge < -0.3 is 16.4 Å². The summed E-state index contributed by atoms with van der Waals surface area (Å²) in [6.07, 6.45) is 4.03. The third-order valence-electron chi connectivity index (χ3n) is 4.10. The number of amides is 2. The number of rotatable bonds is 7. The van der Waals surface area contributed by atoms with E-state index in [-0.39, 0.29) is 23.8 Å². The molecule has 0 fully saturated rings. The Bertz CT molecular complexity index is 701. The number of nitrogens with one attached hydrogen (secondary N) is 2. The van der Waals surface area contributed by atoms with Crippen LogP contribution < -0.4 is 16.4 Å². The van der Waals surface area contributed by atoms with Gasteiger partial charge in [-0.15, -0.1) is 0 Å². The highest BCUT2D eigenvalue weighted by Gasteiger charge is 2.13. The van der Waals surface area contributed by atoms with E-state index in [0.717, 1.165) is 12.0 Å². The van der Waals surface area contributed by atoms with Crippen molar-refractivity contribution in [1.29, 1.82) is 0 Å². The van der Waals surface area contributed by atoms with Gasteiger partial charge in [-0.25, -0.2) is 0 Å². The molecule has 2 atom stereocenters. The van der Waals surface area contributed by atoms with Gasteiger partial charge in [0.1, 0.15) is 0 Å². The van der Waals surface area contributed by atoms with Crippen LogP contribution in [0.15, 0.2) is 48.8 Å². The van der Waals surface area contributed by atoms with Gasteiger partial charge in [-0.1, -0.05) is 26.0 Å². The quantitative estimate of drug-likeness (QED) is 0.721. The molecule has 6 heteroatoms. The Morgan fingerprint density at radius 2 is 1.76 bits per heavy atom. The summed E-state index contributed by atoms with van der Waals surface area (Å²) in [6.45, 7) is 4.22. The molecule has 0 spiro atoms. The number of carbonyl (C=O) groups excluding carboxylic acids is 2. The van der Waals surface area contributed by atoms with Crippen LogP contribution in [0.25, 0.3) is 0 Å². The second kappa shape index (κ2) is 8.94. The molecule has 0 saturated heterocycles. The summed E-state index contributed by atoms with van der Waals surface area (Å²) in [5.41, 5.74) is 8.20. The summed E-state index contributed by atoms with van der Waals surface area (Å²) in [6, 6.07) is 10.2. The highest BCUT2D eigenvalue weighted by atomic mass is 16.2. The number of hydrogen-bond acceptors (Lipinski definition) is 4. The van der Waals surface area contributed by atoms with Crippen LogP contribution in [0, 0.1) is 5.92 Å². The first-order chi connectivity index (χ1) is 12.0. The van der Waals surface area contributed by atoms with E-state index in [4.69, 9.17) is 5.73 Å². The minimum absolute atomic E-state index is 0.00583. The van der Waals surface area contributed by atoms with E-state index in [2.05, 4.69) is 15.6 Å². The van der Waals surface area contributed by atoms with E-state index in [1.54, 1.807) is 36.7 Å². The van der Waals surface area contributed by atoms with Crippen molar-refractivity contribution in [1.82, 2.24) is 10.3 Å². The van der Waals surface area contributed by atoms with E-state index < -0.39 is 0 Å². The average Bonchev–Trinajstić information content (AvgIpc) is 2.66. The fourth-order valence-corrected chi connectivity index (χ4v) is 2.21. The minimum atomic E-state index is -0.315. The number of benzene rings is 1. The number of carbonyl (C=O) groups is 2. The van der Waals surface area contributed by atoms with Crippen molar-refractivity contribution in [3.05, 3.63) is 59.9 Å². The maximum Gasteiger partial charge on any atom is 0.255 e. The van der Waals surface area contributed by atoms with E-state index in [0.29, 0.717) is 17.8 Å². The normalized spacial score (nSPS) is 12.9. The van der Waals surface area contributed by atoms with Crippen LogP contribution in [0.4, 0.5) is 5.69 Å². The van der Waals surface area contributed by atoms with Crippen molar-refractivity contribution in [2.24, 2.45) is 11.7 Å². The Morgan fingerprint density at radius 3 is 2.36 bits per heavy atom. The lowest BCUT2D eigenvalue weighted by molar-refractivity contribution is -0.124. The number of nitrogens with two attached hydrogens (primary N) is 1. The molecular formula is C19H24N4O2. The number of pyridine rings is 1. The van der Waals surface area contributed by atoms with E-state index in [9.17, 15) is 9.59 Å². The van der Waals surface area contributed by atoms with Crippen molar-refractivity contribution in [3.63, 3.8) is 0 Å². The zero-order chi connectivity index (χ0) is 18.2. The van der Waals surface area contributed by atoms with Gasteiger partial charge in [0.05, 0.1) is 0 Å². The number of anilines is 1. The van der Waals surface area contributed by atoms with Crippen molar-refractivity contribution in [3.8, 4) is 0 Å². The van der Waals surface area contributed by atoms with Crippen LogP contribution in [0.1, 0.15) is 42.2 Å². The molecule has 1 heterocycles. The first-order valence-corrected chi connectivity index (χ1v) is 8.36. The molecular weight excluding hydrogens is 316 g/mol. The summed E-state index contributed by atoms with van der Waals surface area (Å²) < 4.78 is 0. The Morgan fingerprint density at radius 1 is 1.12 bits per heavy atom. The highest BCUT2D eigenvalue weighted by molar-refractivity contribution is 6.04. The van der Waals surface area contributed by atoms with Gasteiger partial charge in [0, 0.05) is 42.1 Å². The number of hydrogen-bond donors (Lipinski definition) is 3. The van der Waals surface area contributed by atoms with Crippen LogP contribution in [0.5, 0.6) is 0 Å². The predicted molar refractivity (Wildman–Crippen MR) is 98.0 cm³/mol. The molecule has 0 aliphatic rings. The molecule has 1 aromatic carbocycles. The largest absolute Gasteiger partial charge is 0.354 e. The maximum absolute atomic E-state index is 12.2. The second-order valence-corrected chi connectivity index (χ2v) is 5.97. The van der Waals surface area contributed by atoms with Gasteiger partial charge >= 0.3 is 0 Å². The fourth-order valence-electron chi connectivity index (χ4n) is 2.21. The molecule has 2 unspecified atom stereocenters. The standard InChI is InChI=1S/C19H24N4O2/c1-3-13(2)18(24)22-12-17(20)14-4-6-15(7-5-14)19(25)23-16-8-10-21-11-9-16/h4-11,13,17H,3,12,20H2,1-2H3,(H,22,24)(H,21,23,25). The monoisotopic (exact) mass is 340 g/mol. The number of aromatic nitrogens is 1. The van der Waals surface area contributed by atoms with Gasteiger partial charge in [0.15, 0.2) is 0 Å². The zero-order valence-corrected chi connectivity index (χ0v) is 14.5. The van der Waals surface area contributed by atoms with E-state index in [1.807, 2.05) is 26.0 Å². The molecule has 0 radical (unpaired) electrons. The predicted octanol–water partition coefficient (Wildman–Crippen LogP) is 2.50. The lowest BCUT2D eigenvalue weighted by Crippen LogP contribution is -2.35. The molecule has 4 N–H and O–H groups in total. The van der Waals surface area contributed by atoms with Crippen LogP contribution in [-0.4, -0.2) is 23.3 Å². The Labute approximate surface area is 147 Å². The highest BCUT2D eigenvalue weighted by Crippen LogP contribution is 2.13. The Balaban J connectivity index is 1.92. The van der Waals surface area contributed by atoms with Gasteiger partial charge in [0.2, 0.25) is 5.91 Å². The Kier molecular flexibility index (Phi) is 6.65. The summed E-state index contributed by atoms with van der Waals surface area (Å²) in [5, 5.41) is 5.65. The molecule has 6 nitrogen and oxygen atoms in total. The third-order valence-corrected chi connectivity index (χ3v) is 4.10. The average molecular weight is 340 g/mol. The maximum atomic E-state index is 12.2. The van der Waals surface area contributed by atoms with Gasteiger partial charge in [-0.05, 0) is 36.2 Å². The van der Waals surface area contributed by atoms with E-state index in [1.165, 1.54) is 0 Å². The molecule has 0 saturated carbocycles. The third kappa shape index (κ3) is 5.39. The Hall–Kier alpha value is -2.73. The van der Waals surface area contributed by atoms with Crippen LogP contribution in [0.3, 0.4) is 0 Å². The zero-order valence-electron chi connectivity index (χ0n) is 14.5. The molecule has 1 aromatic heterocycles. The smallest absolute Gasteiger partial charge is 0.255 e. The van der Waals surface area contributed by atoms with Gasteiger partial charge in [-0.2, -0.15) is 0 Å². The van der Waals surface area contributed by atoms with Crippen molar-refractivity contribution in [2.45, 2.75) is 26.3 Å². The van der Waals surface area contributed by atoms with Crippen molar-refractivity contribution < 1.29 is 9.59 Å². The topological polar surface area (TPSA) is 97.1 Å². The van der Waals surface area contributed by atoms with Crippen LogP contribution >= 0.6 is 0 Å². The van der Waals surface area contributed by atoms with Crippen LogP contribution in [-0.2, 0) is 4.79 Å². The first kappa shape index (κ1) is 18.6. The van der Waals surface area contributed by atoms with Gasteiger partial charge in [-0.3, -0.25) is 14.6 Å². The minimum Gasteiger partial charge on any atom is -0.354 e. The fraction of sp³-hybridized carbons (Fsp3) is 0.316. The first-order valence-electron chi connectivity index (χ1n) is 8.36. The van der Waals surface area contributed by atoms with Crippen molar-refractivity contribution >= 4 is 17.5 Å². The lowest BCUT2D eigenvalue weighted by Gasteiger charge is -2.15. The lowest BCUT2D eigenvalue weighted by atomic mass is 10.0. The van der Waals surface area contributed by atoms with E-state index >= 15 is 0 Å². The molecule has 0 aliphatic carbocycles. The van der Waals surface area contributed by atoms with Crippen molar-refractivity contribution in [2.75, 3.05) is 11.9 Å². The summed E-state index contributed by atoms with van der Waals surface area (Å²) >= 11 is 0. The van der Waals surface area contributed by atoms with Gasteiger partial charge in [0.25, 0.3) is 5.91 Å². The molecule has 25 heavy (non-hydrogen) atoms. The molecule has 2 rings (SSSR count). The molecule has 0 aliphatic heterocycles. The molecule has 132 valence electrons.